The smallest absolute Gasteiger partial charge is 0.166 e. The van der Waals surface area contributed by atoms with Gasteiger partial charge in [-0.2, -0.15) is 0 Å². The molecule has 1 atom stereocenters. The van der Waals surface area contributed by atoms with Crippen molar-refractivity contribution in [2.75, 3.05) is 53.7 Å². The van der Waals surface area contributed by atoms with Crippen LogP contribution in [0, 0.1) is 0 Å². The van der Waals surface area contributed by atoms with Gasteiger partial charge in [0.05, 0.1) is 40.6 Å². The molecule has 30 heavy (non-hydrogen) atoms. The molecule has 1 aliphatic rings. The van der Waals surface area contributed by atoms with Crippen molar-refractivity contribution in [2.24, 2.45) is 4.99 Å². The molecule has 0 unspecified atom stereocenters. The number of phenols is 1. The number of phenolic OH excluding ortho intramolecular Hbond substituents is 1. The first kappa shape index (κ1) is 21.9. The number of aliphatic imine (C=N–C) groups is 1. The van der Waals surface area contributed by atoms with Gasteiger partial charge in [-0.05, 0) is 37.3 Å². The number of para-hydroxylation sites is 1. The lowest BCUT2D eigenvalue weighted by atomic mass is 10.0. The highest BCUT2D eigenvalue weighted by Crippen LogP contribution is 2.30. The number of quaternary nitrogens is 1. The van der Waals surface area contributed by atoms with E-state index in [1.54, 1.807) is 19.4 Å². The molecule has 0 spiro atoms. The van der Waals surface area contributed by atoms with E-state index in [1.165, 1.54) is 12.0 Å². The number of ether oxygens (including phenoxy) is 4. The van der Waals surface area contributed by atoms with Crippen LogP contribution in [0.25, 0.3) is 0 Å². The molecule has 1 aliphatic heterocycles. The van der Waals surface area contributed by atoms with Crippen molar-refractivity contribution in [1.29, 1.82) is 0 Å². The zero-order valence-electron chi connectivity index (χ0n) is 17.9. The molecule has 0 saturated carbocycles. The first-order valence-electron chi connectivity index (χ1n) is 10.3. The van der Waals surface area contributed by atoms with Gasteiger partial charge in [0.2, 0.25) is 0 Å². The Labute approximate surface area is 177 Å². The first-order valence-corrected chi connectivity index (χ1v) is 10.3. The summed E-state index contributed by atoms with van der Waals surface area (Å²) in [7, 11) is 3.19. The molecule has 0 aliphatic carbocycles. The molecule has 162 valence electrons. The number of nitrogens with one attached hydrogen (secondary N) is 1. The van der Waals surface area contributed by atoms with Crippen LogP contribution in [0.15, 0.2) is 41.4 Å². The molecule has 0 amide bonds. The fraction of sp³-hybridized carbons (Fsp3) is 0.435. The number of rotatable bonds is 9. The van der Waals surface area contributed by atoms with Crippen LogP contribution in [0.4, 0.5) is 0 Å². The summed E-state index contributed by atoms with van der Waals surface area (Å²) >= 11 is 0. The van der Waals surface area contributed by atoms with E-state index >= 15 is 0 Å². The number of hydrogen-bond donors (Lipinski definition) is 2. The highest BCUT2D eigenvalue weighted by Gasteiger charge is 2.27. The van der Waals surface area contributed by atoms with Crippen molar-refractivity contribution in [3.8, 4) is 23.0 Å². The van der Waals surface area contributed by atoms with Gasteiger partial charge in [-0.1, -0.05) is 6.07 Å². The Morgan fingerprint density at radius 1 is 1.10 bits per heavy atom. The second kappa shape index (κ2) is 10.8. The van der Waals surface area contributed by atoms with Crippen LogP contribution < -0.4 is 19.1 Å². The highest BCUT2D eigenvalue weighted by molar-refractivity contribution is 5.84. The van der Waals surface area contributed by atoms with Crippen molar-refractivity contribution in [3.05, 3.63) is 47.5 Å². The van der Waals surface area contributed by atoms with Gasteiger partial charge in [0.1, 0.15) is 19.1 Å². The summed E-state index contributed by atoms with van der Waals surface area (Å²) in [5.74, 6) is 2.00. The molecular formula is C23H31N2O5+. The quantitative estimate of drug-likeness (QED) is 0.612. The Bertz CT molecular complexity index is 849. The minimum Gasteiger partial charge on any atom is -0.504 e. The lowest BCUT2D eigenvalue weighted by Gasteiger charge is -2.31. The molecule has 1 fully saturated rings. The maximum absolute atomic E-state index is 10.3. The zero-order valence-corrected chi connectivity index (χ0v) is 17.9. The molecule has 2 N–H and O–H groups in total. The standard InChI is InChI=1S/C23H30N2O5/c1-4-30-20-9-8-17(14-22(20)28-3)19(25-10-12-29-13-11-25)16-24-15-18-6-5-7-21(27-2)23(18)26/h5-9,14-15,19,26H,4,10-13,16H2,1-3H3/p+1/t19-/m1/s1. The zero-order chi connectivity index (χ0) is 21.3. The SMILES string of the molecule is CCOc1ccc([C@@H](CN=Cc2cccc(OC)c2O)[NH+]2CCOCC2)cc1OC. The van der Waals surface area contributed by atoms with Crippen molar-refractivity contribution in [2.45, 2.75) is 13.0 Å². The maximum atomic E-state index is 10.3. The molecule has 0 bridgehead atoms. The Balaban J connectivity index is 1.85. The highest BCUT2D eigenvalue weighted by atomic mass is 16.5. The van der Waals surface area contributed by atoms with Crippen LogP contribution in [0.3, 0.4) is 0 Å². The Hall–Kier alpha value is -2.77. The molecule has 2 aromatic rings. The number of morpholine rings is 1. The van der Waals surface area contributed by atoms with Gasteiger partial charge >= 0.3 is 0 Å². The fourth-order valence-electron chi connectivity index (χ4n) is 3.69. The predicted molar refractivity (Wildman–Crippen MR) is 116 cm³/mol. The van der Waals surface area contributed by atoms with E-state index in [2.05, 4.69) is 11.1 Å². The average molecular weight is 416 g/mol. The Morgan fingerprint density at radius 2 is 1.87 bits per heavy atom. The van der Waals surface area contributed by atoms with Crippen LogP contribution in [-0.4, -0.2) is 65.0 Å². The topological polar surface area (TPSA) is 74.0 Å². The van der Waals surface area contributed by atoms with Crippen LogP contribution in [0.5, 0.6) is 23.0 Å². The molecule has 7 nitrogen and oxygen atoms in total. The summed E-state index contributed by atoms with van der Waals surface area (Å²) in [5, 5.41) is 10.3. The van der Waals surface area contributed by atoms with Gasteiger partial charge < -0.3 is 29.0 Å². The third kappa shape index (κ3) is 5.23. The lowest BCUT2D eigenvalue weighted by molar-refractivity contribution is -0.937. The fourth-order valence-corrected chi connectivity index (χ4v) is 3.69. The molecule has 3 rings (SSSR count). The predicted octanol–water partition coefficient (Wildman–Crippen LogP) is 1.88. The summed E-state index contributed by atoms with van der Waals surface area (Å²) in [5.41, 5.74) is 1.77. The second-order valence-electron chi connectivity index (χ2n) is 7.06. The summed E-state index contributed by atoms with van der Waals surface area (Å²) in [6.45, 7) is 6.42. The van der Waals surface area contributed by atoms with Gasteiger partial charge in [0, 0.05) is 17.3 Å². The summed E-state index contributed by atoms with van der Waals surface area (Å²) in [6.07, 6.45) is 1.70. The van der Waals surface area contributed by atoms with Gasteiger partial charge in [-0.3, -0.25) is 4.99 Å². The minimum atomic E-state index is 0.0988. The van der Waals surface area contributed by atoms with Crippen LogP contribution in [0.1, 0.15) is 24.1 Å². The summed E-state index contributed by atoms with van der Waals surface area (Å²) in [6, 6.07) is 11.6. The van der Waals surface area contributed by atoms with E-state index in [0.29, 0.717) is 24.5 Å². The number of benzene rings is 2. The van der Waals surface area contributed by atoms with Crippen molar-refractivity contribution < 1.29 is 29.0 Å². The van der Waals surface area contributed by atoms with E-state index in [9.17, 15) is 5.11 Å². The molecule has 0 aromatic heterocycles. The van der Waals surface area contributed by atoms with E-state index in [1.807, 2.05) is 31.2 Å². The molecule has 0 radical (unpaired) electrons. The summed E-state index contributed by atoms with van der Waals surface area (Å²) in [4.78, 5) is 6.09. The number of hydrogen-bond acceptors (Lipinski definition) is 6. The molecule has 1 saturated heterocycles. The van der Waals surface area contributed by atoms with Crippen LogP contribution in [-0.2, 0) is 4.74 Å². The van der Waals surface area contributed by atoms with Crippen LogP contribution in [0.2, 0.25) is 0 Å². The molecule has 2 aromatic carbocycles. The molecular weight excluding hydrogens is 384 g/mol. The third-order valence-corrected chi connectivity index (χ3v) is 5.29. The second-order valence-corrected chi connectivity index (χ2v) is 7.06. The Morgan fingerprint density at radius 3 is 2.57 bits per heavy atom. The van der Waals surface area contributed by atoms with E-state index in [0.717, 1.165) is 43.4 Å². The monoisotopic (exact) mass is 415 g/mol. The Kier molecular flexibility index (Phi) is 7.93. The van der Waals surface area contributed by atoms with Crippen LogP contribution >= 0.6 is 0 Å². The number of methoxy groups -OCH3 is 2. The van der Waals surface area contributed by atoms with Gasteiger partial charge in [0.15, 0.2) is 23.0 Å². The van der Waals surface area contributed by atoms with Gasteiger partial charge in [-0.15, -0.1) is 0 Å². The van der Waals surface area contributed by atoms with E-state index < -0.39 is 0 Å². The third-order valence-electron chi connectivity index (χ3n) is 5.29. The minimum absolute atomic E-state index is 0.0988. The number of nitrogens with zero attached hydrogens (tertiary/aromatic N) is 1. The van der Waals surface area contributed by atoms with Gasteiger partial charge in [-0.25, -0.2) is 0 Å². The van der Waals surface area contributed by atoms with E-state index in [-0.39, 0.29) is 11.8 Å². The van der Waals surface area contributed by atoms with Crippen molar-refractivity contribution in [3.63, 3.8) is 0 Å². The number of aromatic hydroxyl groups is 1. The van der Waals surface area contributed by atoms with E-state index in [4.69, 9.17) is 18.9 Å². The molecule has 7 heteroatoms. The maximum Gasteiger partial charge on any atom is 0.166 e. The lowest BCUT2D eigenvalue weighted by Crippen LogP contribution is -3.14. The normalized spacial score (nSPS) is 15.8. The molecule has 1 heterocycles. The summed E-state index contributed by atoms with van der Waals surface area (Å²) < 4.78 is 21.9. The largest absolute Gasteiger partial charge is 0.504 e. The van der Waals surface area contributed by atoms with Gasteiger partial charge in [0.25, 0.3) is 0 Å². The van der Waals surface area contributed by atoms with Crippen molar-refractivity contribution >= 4 is 6.21 Å². The van der Waals surface area contributed by atoms with Crippen molar-refractivity contribution in [1.82, 2.24) is 0 Å². The average Bonchev–Trinajstić information content (AvgIpc) is 2.79. The first-order chi connectivity index (χ1) is 14.7.